The van der Waals surface area contributed by atoms with E-state index in [1.807, 2.05) is 6.92 Å². The molecule has 1 atom stereocenters. The van der Waals surface area contributed by atoms with E-state index < -0.39 is 0 Å². The first-order valence-electron chi connectivity index (χ1n) is 4.89. The van der Waals surface area contributed by atoms with Crippen molar-refractivity contribution < 1.29 is 4.79 Å². The number of halogens is 2. The molecule has 0 fully saturated rings. The summed E-state index contributed by atoms with van der Waals surface area (Å²) in [6.07, 6.45) is 0.770. The molecular weight excluding hydrogens is 247 g/mol. The molecule has 0 radical (unpaired) electrons. The molecule has 0 saturated carbocycles. The molecule has 1 aromatic carbocycles. The van der Waals surface area contributed by atoms with Crippen LogP contribution < -0.4 is 11.1 Å². The number of hydrogen-bond donors (Lipinski definition) is 2. The van der Waals surface area contributed by atoms with Gasteiger partial charge in [-0.3, -0.25) is 4.79 Å². The monoisotopic (exact) mass is 262 g/mol. The van der Waals surface area contributed by atoms with Gasteiger partial charge in [0, 0.05) is 23.2 Å². The van der Waals surface area contributed by atoms with Gasteiger partial charge in [-0.2, -0.15) is 0 Å². The second kappa shape index (κ2) is 7.49. The fraction of sp³-hybridized carbons (Fsp3) is 0.364. The maximum atomic E-state index is 11.6. The van der Waals surface area contributed by atoms with Gasteiger partial charge in [0.1, 0.15) is 0 Å². The number of carbonyl (C=O) groups is 1. The Morgan fingerprint density at radius 1 is 1.56 bits per heavy atom. The third kappa shape index (κ3) is 5.35. The summed E-state index contributed by atoms with van der Waals surface area (Å²) >= 11 is 5.77. The van der Waals surface area contributed by atoms with Crippen LogP contribution in [0.4, 0.5) is 0 Å². The molecule has 0 bridgehead atoms. The molecule has 0 aliphatic heterocycles. The second-order valence-electron chi connectivity index (χ2n) is 3.53. The average Bonchev–Trinajstić information content (AvgIpc) is 2.17. The summed E-state index contributed by atoms with van der Waals surface area (Å²) < 4.78 is 0. The summed E-state index contributed by atoms with van der Waals surface area (Å²) in [4.78, 5) is 11.6. The molecule has 0 heterocycles. The van der Waals surface area contributed by atoms with Crippen molar-refractivity contribution in [3.63, 3.8) is 0 Å². The lowest BCUT2D eigenvalue weighted by molar-refractivity contribution is 0.0953. The maximum absolute atomic E-state index is 11.6. The zero-order valence-electron chi connectivity index (χ0n) is 9.07. The van der Waals surface area contributed by atoms with E-state index in [1.165, 1.54) is 0 Å². The van der Waals surface area contributed by atoms with E-state index >= 15 is 0 Å². The highest BCUT2D eigenvalue weighted by atomic mass is 35.5. The van der Waals surface area contributed by atoms with Crippen LogP contribution in [0.2, 0.25) is 5.02 Å². The van der Waals surface area contributed by atoms with Gasteiger partial charge in [-0.05, 0) is 31.5 Å². The van der Waals surface area contributed by atoms with Crippen LogP contribution in [0.25, 0.3) is 0 Å². The van der Waals surface area contributed by atoms with Crippen LogP contribution in [0.5, 0.6) is 0 Å². The molecule has 3 nitrogen and oxygen atoms in total. The van der Waals surface area contributed by atoms with Crippen molar-refractivity contribution in [2.45, 2.75) is 19.4 Å². The van der Waals surface area contributed by atoms with E-state index in [9.17, 15) is 4.79 Å². The molecule has 1 unspecified atom stereocenters. The molecular formula is C11H16Cl2N2O. The van der Waals surface area contributed by atoms with Crippen LogP contribution in [0.15, 0.2) is 24.3 Å². The van der Waals surface area contributed by atoms with Gasteiger partial charge in [0.05, 0.1) is 0 Å². The summed E-state index contributed by atoms with van der Waals surface area (Å²) in [6, 6.07) is 6.96. The molecule has 90 valence electrons. The first-order chi connectivity index (χ1) is 7.09. The van der Waals surface area contributed by atoms with Crippen LogP contribution in [0.3, 0.4) is 0 Å². The van der Waals surface area contributed by atoms with Gasteiger partial charge in [0.15, 0.2) is 0 Å². The molecule has 0 aliphatic rings. The number of benzene rings is 1. The highest BCUT2D eigenvalue weighted by Crippen LogP contribution is 2.10. The summed E-state index contributed by atoms with van der Waals surface area (Å²) in [5, 5.41) is 3.34. The quantitative estimate of drug-likeness (QED) is 0.875. The third-order valence-electron chi connectivity index (χ3n) is 1.97. The standard InChI is InChI=1S/C11H15ClN2O.ClH/c1-8(13)5-6-14-11(15)9-3-2-4-10(12)7-9;/h2-4,7-8H,5-6,13H2,1H3,(H,14,15);1H. The molecule has 0 saturated heterocycles. The van der Waals surface area contributed by atoms with Crippen molar-refractivity contribution in [3.8, 4) is 0 Å². The first-order valence-corrected chi connectivity index (χ1v) is 5.26. The largest absolute Gasteiger partial charge is 0.352 e. The van der Waals surface area contributed by atoms with Gasteiger partial charge in [-0.1, -0.05) is 17.7 Å². The normalized spacial score (nSPS) is 11.4. The third-order valence-corrected chi connectivity index (χ3v) is 2.21. The lowest BCUT2D eigenvalue weighted by atomic mass is 10.2. The van der Waals surface area contributed by atoms with Crippen molar-refractivity contribution in [2.24, 2.45) is 5.73 Å². The number of rotatable bonds is 4. The minimum absolute atomic E-state index is 0. The fourth-order valence-electron chi connectivity index (χ4n) is 1.15. The number of nitrogens with two attached hydrogens (primary N) is 1. The van der Waals surface area contributed by atoms with Gasteiger partial charge in [-0.15, -0.1) is 12.4 Å². The van der Waals surface area contributed by atoms with E-state index in [4.69, 9.17) is 17.3 Å². The predicted molar refractivity (Wildman–Crippen MR) is 69.3 cm³/mol. The van der Waals surface area contributed by atoms with Crippen LogP contribution >= 0.6 is 24.0 Å². The Bertz CT molecular complexity index is 343. The summed E-state index contributed by atoms with van der Waals surface area (Å²) in [7, 11) is 0. The van der Waals surface area contributed by atoms with E-state index in [0.717, 1.165) is 6.42 Å². The molecule has 1 aromatic rings. The van der Waals surface area contributed by atoms with Gasteiger partial charge in [0.25, 0.3) is 5.91 Å². The Morgan fingerprint density at radius 2 is 2.25 bits per heavy atom. The van der Waals surface area contributed by atoms with Crippen LogP contribution in [-0.4, -0.2) is 18.5 Å². The predicted octanol–water partition coefficient (Wildman–Crippen LogP) is 2.23. The molecule has 0 aliphatic carbocycles. The van der Waals surface area contributed by atoms with Crippen molar-refractivity contribution in [1.82, 2.24) is 5.32 Å². The van der Waals surface area contributed by atoms with Crippen LogP contribution in [0, 0.1) is 0 Å². The zero-order chi connectivity index (χ0) is 11.3. The molecule has 1 amide bonds. The van der Waals surface area contributed by atoms with Crippen molar-refractivity contribution >= 4 is 29.9 Å². The average molecular weight is 263 g/mol. The molecule has 0 spiro atoms. The number of amides is 1. The van der Waals surface area contributed by atoms with E-state index in [2.05, 4.69) is 5.32 Å². The Kier molecular flexibility index (Phi) is 7.13. The summed E-state index contributed by atoms with van der Waals surface area (Å²) in [6.45, 7) is 2.49. The summed E-state index contributed by atoms with van der Waals surface area (Å²) in [5.74, 6) is -0.113. The zero-order valence-corrected chi connectivity index (χ0v) is 10.6. The highest BCUT2D eigenvalue weighted by molar-refractivity contribution is 6.30. The second-order valence-corrected chi connectivity index (χ2v) is 3.97. The molecule has 5 heteroatoms. The first kappa shape index (κ1) is 15.2. The number of carbonyl (C=O) groups excluding carboxylic acids is 1. The Balaban J connectivity index is 0.00000225. The van der Waals surface area contributed by atoms with Crippen LogP contribution in [-0.2, 0) is 0 Å². The Morgan fingerprint density at radius 3 is 2.81 bits per heavy atom. The topological polar surface area (TPSA) is 55.1 Å². The molecule has 3 N–H and O–H groups in total. The smallest absolute Gasteiger partial charge is 0.251 e. The lowest BCUT2D eigenvalue weighted by Gasteiger charge is -2.07. The lowest BCUT2D eigenvalue weighted by Crippen LogP contribution is -2.28. The Hall–Kier alpha value is -0.770. The van der Waals surface area contributed by atoms with Gasteiger partial charge >= 0.3 is 0 Å². The highest BCUT2D eigenvalue weighted by Gasteiger charge is 2.05. The van der Waals surface area contributed by atoms with Crippen molar-refractivity contribution in [3.05, 3.63) is 34.9 Å². The number of nitrogens with one attached hydrogen (secondary N) is 1. The minimum Gasteiger partial charge on any atom is -0.352 e. The van der Waals surface area contributed by atoms with Gasteiger partial charge < -0.3 is 11.1 Å². The van der Waals surface area contributed by atoms with Gasteiger partial charge in [0.2, 0.25) is 0 Å². The Labute approximate surface area is 107 Å². The fourth-order valence-corrected chi connectivity index (χ4v) is 1.34. The van der Waals surface area contributed by atoms with Gasteiger partial charge in [-0.25, -0.2) is 0 Å². The van der Waals surface area contributed by atoms with Crippen molar-refractivity contribution in [1.29, 1.82) is 0 Å². The van der Waals surface area contributed by atoms with E-state index in [0.29, 0.717) is 17.1 Å². The SMILES string of the molecule is CC(N)CCNC(=O)c1cccc(Cl)c1.Cl. The van der Waals surface area contributed by atoms with Crippen LogP contribution in [0.1, 0.15) is 23.7 Å². The summed E-state index contributed by atoms with van der Waals surface area (Å²) in [5.41, 5.74) is 6.15. The molecule has 0 aromatic heterocycles. The van der Waals surface area contributed by atoms with E-state index in [1.54, 1.807) is 24.3 Å². The number of hydrogen-bond acceptors (Lipinski definition) is 2. The van der Waals surface area contributed by atoms with E-state index in [-0.39, 0.29) is 24.4 Å². The maximum Gasteiger partial charge on any atom is 0.251 e. The minimum atomic E-state index is -0.113. The molecule has 1 rings (SSSR count). The molecule has 16 heavy (non-hydrogen) atoms. The van der Waals surface area contributed by atoms with Crippen molar-refractivity contribution in [2.75, 3.05) is 6.54 Å².